The van der Waals surface area contributed by atoms with Crippen molar-refractivity contribution < 1.29 is 19.0 Å². The van der Waals surface area contributed by atoms with E-state index in [0.717, 1.165) is 16.9 Å². The minimum Gasteiger partial charge on any atom is -0.493 e. The molecule has 0 unspecified atom stereocenters. The SMILES string of the molecule is CCCOc1ccc(C=C2N=C(c3cccs3)OC2=O)cc1OC. The Balaban J connectivity index is 1.86. The second-order valence-electron chi connectivity index (χ2n) is 5.07. The van der Waals surface area contributed by atoms with Crippen LogP contribution in [-0.4, -0.2) is 25.6 Å². The lowest BCUT2D eigenvalue weighted by Crippen LogP contribution is -2.03. The molecule has 0 amide bonds. The molecule has 0 bridgehead atoms. The third kappa shape index (κ3) is 3.49. The zero-order valence-corrected chi connectivity index (χ0v) is 14.3. The highest BCUT2D eigenvalue weighted by Crippen LogP contribution is 2.30. The molecule has 6 heteroatoms. The summed E-state index contributed by atoms with van der Waals surface area (Å²) < 4.78 is 16.2. The van der Waals surface area contributed by atoms with E-state index in [1.165, 1.54) is 11.3 Å². The van der Waals surface area contributed by atoms with Crippen molar-refractivity contribution in [1.29, 1.82) is 0 Å². The number of hydrogen-bond donors (Lipinski definition) is 0. The smallest absolute Gasteiger partial charge is 0.363 e. The third-order valence-corrected chi connectivity index (χ3v) is 4.16. The number of thiophene rings is 1. The van der Waals surface area contributed by atoms with Gasteiger partial charge in [0.15, 0.2) is 17.2 Å². The molecule has 0 saturated heterocycles. The van der Waals surface area contributed by atoms with Crippen molar-refractivity contribution in [3.63, 3.8) is 0 Å². The zero-order valence-electron chi connectivity index (χ0n) is 13.4. The summed E-state index contributed by atoms with van der Waals surface area (Å²) >= 11 is 1.47. The summed E-state index contributed by atoms with van der Waals surface area (Å²) in [6.07, 6.45) is 2.59. The Hall–Kier alpha value is -2.60. The normalized spacial score (nSPS) is 15.3. The number of hydrogen-bond acceptors (Lipinski definition) is 6. The minimum atomic E-state index is -0.455. The summed E-state index contributed by atoms with van der Waals surface area (Å²) in [6.45, 7) is 2.66. The molecule has 0 spiro atoms. The van der Waals surface area contributed by atoms with E-state index in [1.807, 2.05) is 42.6 Å². The highest BCUT2D eigenvalue weighted by atomic mass is 32.1. The number of esters is 1. The van der Waals surface area contributed by atoms with Gasteiger partial charge in [0, 0.05) is 0 Å². The summed E-state index contributed by atoms with van der Waals surface area (Å²) in [5, 5.41) is 1.91. The average Bonchev–Trinajstić information content (AvgIpc) is 3.24. The van der Waals surface area contributed by atoms with Crippen LogP contribution < -0.4 is 9.47 Å². The maximum atomic E-state index is 12.0. The molecule has 1 aromatic heterocycles. The highest BCUT2D eigenvalue weighted by Gasteiger charge is 2.24. The molecule has 3 rings (SSSR count). The number of nitrogens with zero attached hydrogens (tertiary/aromatic N) is 1. The van der Waals surface area contributed by atoms with Gasteiger partial charge in [0.05, 0.1) is 18.6 Å². The molecule has 0 atom stereocenters. The van der Waals surface area contributed by atoms with Crippen molar-refractivity contribution in [1.82, 2.24) is 0 Å². The number of benzene rings is 1. The van der Waals surface area contributed by atoms with Crippen LogP contribution in [-0.2, 0) is 9.53 Å². The average molecular weight is 343 g/mol. The van der Waals surface area contributed by atoms with Crippen LogP contribution in [0.25, 0.3) is 6.08 Å². The Labute approximate surface area is 144 Å². The molecule has 0 fully saturated rings. The Morgan fingerprint density at radius 1 is 1.29 bits per heavy atom. The second kappa shape index (κ2) is 7.31. The maximum Gasteiger partial charge on any atom is 0.363 e. The first kappa shape index (κ1) is 16.3. The first-order valence-corrected chi connectivity index (χ1v) is 8.46. The van der Waals surface area contributed by atoms with Gasteiger partial charge < -0.3 is 14.2 Å². The molecule has 0 N–H and O–H groups in total. The lowest BCUT2D eigenvalue weighted by Gasteiger charge is -2.10. The van der Waals surface area contributed by atoms with Gasteiger partial charge in [-0.3, -0.25) is 0 Å². The summed E-state index contributed by atoms with van der Waals surface area (Å²) in [7, 11) is 1.59. The van der Waals surface area contributed by atoms with Crippen molar-refractivity contribution >= 4 is 29.3 Å². The summed E-state index contributed by atoms with van der Waals surface area (Å²) in [6, 6.07) is 9.24. The molecule has 0 saturated carbocycles. The zero-order chi connectivity index (χ0) is 16.9. The van der Waals surface area contributed by atoms with Crippen LogP contribution in [0.3, 0.4) is 0 Å². The van der Waals surface area contributed by atoms with Gasteiger partial charge in [-0.05, 0) is 41.6 Å². The Morgan fingerprint density at radius 3 is 2.88 bits per heavy atom. The van der Waals surface area contributed by atoms with Crippen molar-refractivity contribution in [2.75, 3.05) is 13.7 Å². The van der Waals surface area contributed by atoms with Crippen molar-refractivity contribution in [2.45, 2.75) is 13.3 Å². The predicted molar refractivity (Wildman–Crippen MR) is 93.7 cm³/mol. The Morgan fingerprint density at radius 2 is 2.17 bits per heavy atom. The first-order chi connectivity index (χ1) is 11.7. The van der Waals surface area contributed by atoms with Gasteiger partial charge in [0.25, 0.3) is 0 Å². The molecule has 24 heavy (non-hydrogen) atoms. The molecule has 2 heterocycles. The van der Waals surface area contributed by atoms with Gasteiger partial charge in [-0.15, -0.1) is 11.3 Å². The maximum absolute atomic E-state index is 12.0. The van der Waals surface area contributed by atoms with Crippen LogP contribution in [0.5, 0.6) is 11.5 Å². The van der Waals surface area contributed by atoms with Crippen molar-refractivity contribution in [2.24, 2.45) is 4.99 Å². The molecule has 5 nitrogen and oxygen atoms in total. The molecular formula is C18H17NO4S. The van der Waals surface area contributed by atoms with Crippen LogP contribution in [0.2, 0.25) is 0 Å². The van der Waals surface area contributed by atoms with Crippen LogP contribution in [0, 0.1) is 0 Å². The van der Waals surface area contributed by atoms with Crippen LogP contribution in [0.15, 0.2) is 46.4 Å². The summed E-state index contributed by atoms with van der Waals surface area (Å²) in [5.74, 6) is 1.18. The van der Waals surface area contributed by atoms with Gasteiger partial charge in [-0.1, -0.05) is 19.1 Å². The fourth-order valence-electron chi connectivity index (χ4n) is 2.18. The third-order valence-electron chi connectivity index (χ3n) is 3.31. The fourth-order valence-corrected chi connectivity index (χ4v) is 2.83. The topological polar surface area (TPSA) is 57.1 Å². The molecule has 0 radical (unpaired) electrons. The molecule has 1 aromatic carbocycles. The highest BCUT2D eigenvalue weighted by molar-refractivity contribution is 7.12. The van der Waals surface area contributed by atoms with Crippen LogP contribution in [0.1, 0.15) is 23.8 Å². The first-order valence-electron chi connectivity index (χ1n) is 7.58. The van der Waals surface area contributed by atoms with E-state index in [-0.39, 0.29) is 5.70 Å². The van der Waals surface area contributed by atoms with E-state index in [1.54, 1.807) is 13.2 Å². The van der Waals surface area contributed by atoms with Crippen molar-refractivity contribution in [3.05, 3.63) is 51.8 Å². The molecule has 0 aliphatic carbocycles. The van der Waals surface area contributed by atoms with E-state index in [4.69, 9.17) is 14.2 Å². The Kier molecular flexibility index (Phi) is 4.96. The van der Waals surface area contributed by atoms with Gasteiger partial charge in [-0.25, -0.2) is 9.79 Å². The fraction of sp³-hybridized carbons (Fsp3) is 0.222. The number of ether oxygens (including phenoxy) is 3. The Bertz CT molecular complexity index is 793. The number of rotatable bonds is 6. The standard InChI is InChI=1S/C18H17NO4S/c1-3-8-22-14-7-6-12(11-15(14)21-2)10-13-18(20)23-17(19-13)16-5-4-9-24-16/h4-7,9-11H,3,8H2,1-2H3. The summed E-state index contributed by atoms with van der Waals surface area (Å²) in [5.41, 5.74) is 1.06. The van der Waals surface area contributed by atoms with E-state index in [9.17, 15) is 4.79 Å². The monoisotopic (exact) mass is 343 g/mol. The van der Waals surface area contributed by atoms with E-state index < -0.39 is 5.97 Å². The number of carbonyl (C=O) groups excluding carboxylic acids is 1. The second-order valence-corrected chi connectivity index (χ2v) is 6.02. The summed E-state index contributed by atoms with van der Waals surface area (Å²) in [4.78, 5) is 17.1. The van der Waals surface area contributed by atoms with Gasteiger partial charge in [-0.2, -0.15) is 0 Å². The number of methoxy groups -OCH3 is 1. The predicted octanol–water partition coefficient (Wildman–Crippen LogP) is 3.89. The molecular weight excluding hydrogens is 326 g/mol. The van der Waals surface area contributed by atoms with E-state index in [0.29, 0.717) is 24.0 Å². The van der Waals surface area contributed by atoms with Crippen LogP contribution in [0.4, 0.5) is 0 Å². The van der Waals surface area contributed by atoms with E-state index >= 15 is 0 Å². The molecule has 1 aliphatic rings. The van der Waals surface area contributed by atoms with Gasteiger partial charge in [0.1, 0.15) is 0 Å². The molecule has 124 valence electrons. The number of carbonyl (C=O) groups is 1. The minimum absolute atomic E-state index is 0.266. The lowest BCUT2D eigenvalue weighted by atomic mass is 10.1. The van der Waals surface area contributed by atoms with E-state index in [2.05, 4.69) is 4.99 Å². The molecule has 2 aromatic rings. The number of cyclic esters (lactones) is 1. The van der Waals surface area contributed by atoms with Crippen molar-refractivity contribution in [3.8, 4) is 11.5 Å². The largest absolute Gasteiger partial charge is 0.493 e. The van der Waals surface area contributed by atoms with Crippen LogP contribution >= 0.6 is 11.3 Å². The quantitative estimate of drug-likeness (QED) is 0.590. The van der Waals surface area contributed by atoms with Gasteiger partial charge >= 0.3 is 5.97 Å². The lowest BCUT2D eigenvalue weighted by molar-refractivity contribution is -0.129. The number of aliphatic imine (C=N–C) groups is 1. The molecule has 1 aliphatic heterocycles. The van der Waals surface area contributed by atoms with Gasteiger partial charge in [0.2, 0.25) is 5.90 Å².